The van der Waals surface area contributed by atoms with E-state index in [9.17, 15) is 4.79 Å². The van der Waals surface area contributed by atoms with Gasteiger partial charge in [-0.1, -0.05) is 12.1 Å². The maximum Gasteiger partial charge on any atom is 0.255 e. The lowest BCUT2D eigenvalue weighted by atomic mass is 9.97. The minimum absolute atomic E-state index is 0.142. The van der Waals surface area contributed by atoms with Gasteiger partial charge >= 0.3 is 0 Å². The van der Waals surface area contributed by atoms with Crippen molar-refractivity contribution in [1.29, 1.82) is 0 Å². The zero-order chi connectivity index (χ0) is 16.7. The number of aromatic amines is 1. The molecule has 2 aliphatic rings. The smallest absolute Gasteiger partial charge is 0.255 e. The first-order chi connectivity index (χ1) is 11.5. The second kappa shape index (κ2) is 5.76. The number of piperidine rings is 1. The minimum atomic E-state index is 0.142. The summed E-state index contributed by atoms with van der Waals surface area (Å²) in [6.45, 7) is 6.72. The second-order valence-corrected chi connectivity index (χ2v) is 7.70. The van der Waals surface area contributed by atoms with Gasteiger partial charge in [-0.3, -0.25) is 9.48 Å². The number of rotatable bonds is 4. The van der Waals surface area contributed by atoms with Crippen LogP contribution in [0.4, 0.5) is 0 Å². The number of likely N-dealkylation sites (tertiary alicyclic amines) is 1. The topological polar surface area (TPSA) is 66.8 Å². The number of nitrogens with zero attached hydrogens (tertiary/aromatic N) is 4. The van der Waals surface area contributed by atoms with E-state index in [1.807, 2.05) is 22.7 Å². The Bertz CT molecular complexity index is 742. The summed E-state index contributed by atoms with van der Waals surface area (Å²) >= 11 is 0. The van der Waals surface area contributed by atoms with E-state index in [-0.39, 0.29) is 11.3 Å². The highest BCUT2D eigenvalue weighted by atomic mass is 16.2. The van der Waals surface area contributed by atoms with Gasteiger partial charge in [-0.2, -0.15) is 0 Å². The zero-order valence-corrected chi connectivity index (χ0v) is 14.5. The minimum Gasteiger partial charge on any atom is -0.367 e. The number of carbonyl (C=O) groups excluding carboxylic acids is 1. The maximum atomic E-state index is 12.7. The molecule has 0 bridgehead atoms. The Morgan fingerprint density at radius 2 is 2.25 bits per heavy atom. The SMILES string of the molecule is Cc1c[nH]cc1C(=O)N1CCCC(Cn2cc(C3(C)CC3)nn2)C1. The summed E-state index contributed by atoms with van der Waals surface area (Å²) in [5.74, 6) is 0.590. The van der Waals surface area contributed by atoms with Crippen LogP contribution in [0.25, 0.3) is 0 Å². The Morgan fingerprint density at radius 3 is 2.96 bits per heavy atom. The average Bonchev–Trinajstić information content (AvgIpc) is 2.98. The molecule has 6 heteroatoms. The summed E-state index contributed by atoms with van der Waals surface area (Å²) in [6, 6.07) is 0. The Labute approximate surface area is 142 Å². The lowest BCUT2D eigenvalue weighted by Crippen LogP contribution is -2.41. The molecule has 1 aliphatic heterocycles. The number of hydrogen-bond acceptors (Lipinski definition) is 3. The van der Waals surface area contributed by atoms with Gasteiger partial charge in [0.25, 0.3) is 5.91 Å². The van der Waals surface area contributed by atoms with E-state index >= 15 is 0 Å². The van der Waals surface area contributed by atoms with Gasteiger partial charge < -0.3 is 9.88 Å². The third-order valence-corrected chi connectivity index (χ3v) is 5.59. The van der Waals surface area contributed by atoms with Crippen LogP contribution in [-0.4, -0.2) is 43.9 Å². The van der Waals surface area contributed by atoms with Crippen molar-refractivity contribution in [2.75, 3.05) is 13.1 Å². The molecular formula is C18H25N5O. The Balaban J connectivity index is 1.41. The van der Waals surface area contributed by atoms with E-state index in [2.05, 4.69) is 28.4 Å². The van der Waals surface area contributed by atoms with E-state index in [4.69, 9.17) is 0 Å². The van der Waals surface area contributed by atoms with Gasteiger partial charge in [0, 0.05) is 43.6 Å². The third-order valence-electron chi connectivity index (χ3n) is 5.59. The molecule has 0 radical (unpaired) electrons. The summed E-state index contributed by atoms with van der Waals surface area (Å²) in [7, 11) is 0. The van der Waals surface area contributed by atoms with Gasteiger partial charge in [0.05, 0.1) is 11.3 Å². The Hall–Kier alpha value is -2.11. The molecule has 4 rings (SSSR count). The molecule has 3 heterocycles. The van der Waals surface area contributed by atoms with Crippen molar-refractivity contribution in [3.63, 3.8) is 0 Å². The summed E-state index contributed by atoms with van der Waals surface area (Å²) < 4.78 is 1.97. The molecule has 1 saturated heterocycles. The van der Waals surface area contributed by atoms with Crippen molar-refractivity contribution >= 4 is 5.91 Å². The van der Waals surface area contributed by atoms with E-state index < -0.39 is 0 Å². The van der Waals surface area contributed by atoms with Crippen LogP contribution >= 0.6 is 0 Å². The standard InChI is InChI=1S/C18H25N5O/c1-13-8-19-9-15(13)17(24)22-7-3-4-14(10-22)11-23-12-16(20-21-23)18(2)5-6-18/h8-9,12,14,19H,3-7,10-11H2,1-2H3. The molecule has 1 amide bonds. The molecule has 1 unspecified atom stereocenters. The molecule has 128 valence electrons. The summed E-state index contributed by atoms with van der Waals surface area (Å²) in [5, 5.41) is 8.66. The normalized spacial score (nSPS) is 22.6. The Kier molecular flexibility index (Phi) is 3.70. The molecule has 24 heavy (non-hydrogen) atoms. The molecule has 6 nitrogen and oxygen atoms in total. The number of H-pyrrole nitrogens is 1. The fourth-order valence-corrected chi connectivity index (χ4v) is 3.61. The van der Waals surface area contributed by atoms with Crippen LogP contribution in [-0.2, 0) is 12.0 Å². The highest BCUT2D eigenvalue weighted by Crippen LogP contribution is 2.46. The van der Waals surface area contributed by atoms with Crippen molar-refractivity contribution in [1.82, 2.24) is 24.9 Å². The molecule has 1 aliphatic carbocycles. The van der Waals surface area contributed by atoms with Crippen LogP contribution in [0.5, 0.6) is 0 Å². The van der Waals surface area contributed by atoms with Crippen molar-refractivity contribution in [3.05, 3.63) is 35.4 Å². The number of aryl methyl sites for hydroxylation is 1. The van der Waals surface area contributed by atoms with Crippen LogP contribution in [0.2, 0.25) is 0 Å². The van der Waals surface area contributed by atoms with Crippen molar-refractivity contribution < 1.29 is 4.79 Å². The number of hydrogen-bond donors (Lipinski definition) is 1. The first kappa shape index (κ1) is 15.4. The molecular weight excluding hydrogens is 302 g/mol. The second-order valence-electron chi connectivity index (χ2n) is 7.70. The summed E-state index contributed by atoms with van der Waals surface area (Å²) in [4.78, 5) is 17.7. The quantitative estimate of drug-likeness (QED) is 0.938. The van der Waals surface area contributed by atoms with E-state index in [0.29, 0.717) is 5.92 Å². The number of carbonyl (C=O) groups is 1. The molecule has 2 aromatic rings. The number of nitrogens with one attached hydrogen (secondary N) is 1. The van der Waals surface area contributed by atoms with Gasteiger partial charge in [0.1, 0.15) is 0 Å². The van der Waals surface area contributed by atoms with Crippen LogP contribution in [0.15, 0.2) is 18.6 Å². The Morgan fingerprint density at radius 1 is 1.42 bits per heavy atom. The van der Waals surface area contributed by atoms with Crippen LogP contribution < -0.4 is 0 Å². The van der Waals surface area contributed by atoms with Crippen LogP contribution in [0.1, 0.15) is 54.2 Å². The molecule has 0 spiro atoms. The van der Waals surface area contributed by atoms with Gasteiger partial charge in [0.15, 0.2) is 0 Å². The van der Waals surface area contributed by atoms with Crippen molar-refractivity contribution in [2.24, 2.45) is 5.92 Å². The van der Waals surface area contributed by atoms with Crippen molar-refractivity contribution in [2.45, 2.75) is 51.5 Å². The fourth-order valence-electron chi connectivity index (χ4n) is 3.61. The summed E-state index contributed by atoms with van der Waals surface area (Å²) in [6.07, 6.45) is 10.4. The number of amides is 1. The molecule has 1 atom stereocenters. The number of aromatic nitrogens is 4. The van der Waals surface area contributed by atoms with Gasteiger partial charge in [-0.15, -0.1) is 5.10 Å². The maximum absolute atomic E-state index is 12.7. The zero-order valence-electron chi connectivity index (χ0n) is 14.5. The van der Waals surface area contributed by atoms with Gasteiger partial charge in [0.2, 0.25) is 0 Å². The molecule has 0 aromatic carbocycles. The highest BCUT2D eigenvalue weighted by Gasteiger charge is 2.41. The van der Waals surface area contributed by atoms with E-state index in [1.165, 1.54) is 12.8 Å². The fraction of sp³-hybridized carbons (Fsp3) is 0.611. The predicted molar refractivity (Wildman–Crippen MR) is 90.8 cm³/mol. The monoisotopic (exact) mass is 327 g/mol. The van der Waals surface area contributed by atoms with Gasteiger partial charge in [-0.25, -0.2) is 0 Å². The van der Waals surface area contributed by atoms with Gasteiger partial charge in [-0.05, 0) is 44.1 Å². The molecule has 2 fully saturated rings. The summed E-state index contributed by atoms with van der Waals surface area (Å²) in [5.41, 5.74) is 3.19. The third kappa shape index (κ3) is 2.85. The highest BCUT2D eigenvalue weighted by molar-refractivity contribution is 5.95. The van der Waals surface area contributed by atoms with Crippen molar-refractivity contribution in [3.8, 4) is 0 Å². The molecule has 2 aromatic heterocycles. The lowest BCUT2D eigenvalue weighted by molar-refractivity contribution is 0.0659. The largest absolute Gasteiger partial charge is 0.367 e. The van der Waals surface area contributed by atoms with Crippen LogP contribution in [0, 0.1) is 12.8 Å². The molecule has 1 saturated carbocycles. The first-order valence-corrected chi connectivity index (χ1v) is 8.88. The predicted octanol–water partition coefficient (Wildman–Crippen LogP) is 2.52. The average molecular weight is 327 g/mol. The van der Waals surface area contributed by atoms with E-state index in [1.54, 1.807) is 6.20 Å². The lowest BCUT2D eigenvalue weighted by Gasteiger charge is -2.32. The molecule has 1 N–H and O–H groups in total. The van der Waals surface area contributed by atoms with E-state index in [0.717, 1.165) is 49.3 Å². The first-order valence-electron chi connectivity index (χ1n) is 8.88. The van der Waals surface area contributed by atoms with Crippen LogP contribution in [0.3, 0.4) is 0 Å².